The van der Waals surface area contributed by atoms with Crippen molar-refractivity contribution in [3.63, 3.8) is 0 Å². The summed E-state index contributed by atoms with van der Waals surface area (Å²) in [6.07, 6.45) is 0.862. The van der Waals surface area contributed by atoms with Crippen LogP contribution < -0.4 is 4.31 Å². The van der Waals surface area contributed by atoms with E-state index in [0.29, 0.717) is 16.4 Å². The third kappa shape index (κ3) is 3.64. The number of anilines is 1. The first kappa shape index (κ1) is 18.5. The van der Waals surface area contributed by atoms with Gasteiger partial charge < -0.3 is 0 Å². The van der Waals surface area contributed by atoms with E-state index in [1.54, 1.807) is 6.07 Å². The van der Waals surface area contributed by atoms with Crippen LogP contribution in [0.1, 0.15) is 24.0 Å². The van der Waals surface area contributed by atoms with Gasteiger partial charge in [-0.1, -0.05) is 6.07 Å². The summed E-state index contributed by atoms with van der Waals surface area (Å²) in [7, 11) is -2.32. The molecule has 0 amide bonds. The van der Waals surface area contributed by atoms with E-state index in [1.165, 1.54) is 25.2 Å². The summed E-state index contributed by atoms with van der Waals surface area (Å²) in [5.74, 6) is -2.80. The number of sulfonamides is 1. The zero-order valence-corrected chi connectivity index (χ0v) is 16.2. The van der Waals surface area contributed by atoms with Crippen molar-refractivity contribution < 1.29 is 21.6 Å². The molecule has 0 aromatic heterocycles. The zero-order chi connectivity index (χ0) is 18.4. The molecular formula is C17H15F3INO2S. The second-order valence-electron chi connectivity index (χ2n) is 5.98. The van der Waals surface area contributed by atoms with Gasteiger partial charge in [-0.25, -0.2) is 21.6 Å². The monoisotopic (exact) mass is 481 g/mol. The fraction of sp³-hybridized carbons (Fsp3) is 0.294. The Hall–Kier alpha value is -1.29. The highest BCUT2D eigenvalue weighted by Crippen LogP contribution is 2.36. The molecule has 0 bridgehead atoms. The predicted molar refractivity (Wildman–Crippen MR) is 98.6 cm³/mol. The Labute approximate surface area is 158 Å². The molecule has 0 saturated heterocycles. The predicted octanol–water partition coefficient (Wildman–Crippen LogP) is 4.23. The number of benzene rings is 2. The van der Waals surface area contributed by atoms with E-state index in [9.17, 15) is 21.6 Å². The van der Waals surface area contributed by atoms with E-state index >= 15 is 0 Å². The maximum absolute atomic E-state index is 14.4. The van der Waals surface area contributed by atoms with Crippen molar-refractivity contribution in [2.24, 2.45) is 0 Å². The van der Waals surface area contributed by atoms with Crippen LogP contribution in [-0.4, -0.2) is 20.7 Å². The lowest BCUT2D eigenvalue weighted by Gasteiger charge is -2.23. The average molecular weight is 481 g/mol. The Morgan fingerprint density at radius 3 is 2.40 bits per heavy atom. The number of rotatable bonds is 5. The molecule has 0 atom stereocenters. The lowest BCUT2D eigenvalue weighted by atomic mass is 10.0. The summed E-state index contributed by atoms with van der Waals surface area (Å²) >= 11 is 1.95. The van der Waals surface area contributed by atoms with Gasteiger partial charge >= 0.3 is 0 Å². The molecule has 2 aromatic carbocycles. The molecule has 0 aliphatic heterocycles. The highest BCUT2D eigenvalue weighted by Gasteiger charge is 2.39. The van der Waals surface area contributed by atoms with Gasteiger partial charge in [0.2, 0.25) is 10.0 Å². The van der Waals surface area contributed by atoms with E-state index in [-0.39, 0.29) is 23.2 Å². The Morgan fingerprint density at radius 2 is 1.80 bits per heavy atom. The van der Waals surface area contributed by atoms with Crippen LogP contribution in [-0.2, 0) is 16.4 Å². The molecule has 3 nitrogen and oxygen atoms in total. The molecule has 1 aliphatic rings. The molecule has 0 radical (unpaired) electrons. The second kappa shape index (κ2) is 6.79. The lowest BCUT2D eigenvalue weighted by Crippen LogP contribution is -2.31. The fourth-order valence-corrected chi connectivity index (χ4v) is 4.71. The lowest BCUT2D eigenvalue weighted by molar-refractivity contribution is 0.500. The maximum atomic E-state index is 14.4. The van der Waals surface area contributed by atoms with E-state index < -0.39 is 32.7 Å². The summed E-state index contributed by atoms with van der Waals surface area (Å²) in [5, 5.41) is -0.492. The summed E-state index contributed by atoms with van der Waals surface area (Å²) in [4.78, 5) is 0. The Balaban J connectivity index is 2.07. The molecule has 1 saturated carbocycles. The molecule has 0 spiro atoms. The van der Waals surface area contributed by atoms with Gasteiger partial charge in [0.1, 0.15) is 5.82 Å². The number of hydrogen-bond acceptors (Lipinski definition) is 2. The Morgan fingerprint density at radius 1 is 1.12 bits per heavy atom. The highest BCUT2D eigenvalue weighted by atomic mass is 127. The van der Waals surface area contributed by atoms with Gasteiger partial charge in [-0.3, -0.25) is 4.31 Å². The van der Waals surface area contributed by atoms with E-state index in [2.05, 4.69) is 0 Å². The van der Waals surface area contributed by atoms with Gasteiger partial charge in [0.15, 0.2) is 11.6 Å². The van der Waals surface area contributed by atoms with Crippen LogP contribution in [0.4, 0.5) is 18.9 Å². The molecule has 3 rings (SSSR count). The van der Waals surface area contributed by atoms with Crippen LogP contribution in [0, 0.1) is 21.0 Å². The summed E-state index contributed by atoms with van der Waals surface area (Å²) in [6.45, 7) is 0. The van der Waals surface area contributed by atoms with Gasteiger partial charge in [-0.2, -0.15) is 0 Å². The molecule has 134 valence electrons. The standard InChI is InChI=1S/C17H15F3INO2S/c1-22(25(23,24)12-4-5-12)16-7-6-14(18)17(20)13(16)8-10-2-3-11(21)9-15(10)19/h2-3,6-7,9,12H,4-5,8H2,1H3. The largest absolute Gasteiger partial charge is 0.273 e. The first-order valence-electron chi connectivity index (χ1n) is 7.60. The molecule has 1 fully saturated rings. The van der Waals surface area contributed by atoms with E-state index in [0.717, 1.165) is 10.4 Å². The van der Waals surface area contributed by atoms with Crippen LogP contribution in [0.5, 0.6) is 0 Å². The van der Waals surface area contributed by atoms with Crippen molar-refractivity contribution in [1.29, 1.82) is 0 Å². The van der Waals surface area contributed by atoms with Gasteiger partial charge in [-0.05, 0) is 65.3 Å². The normalized spacial score (nSPS) is 14.6. The number of halogens is 4. The summed E-state index contributed by atoms with van der Waals surface area (Å²) in [6, 6.07) is 6.54. The molecule has 0 heterocycles. The Kier molecular flexibility index (Phi) is 5.02. The minimum absolute atomic E-state index is 0.0312. The zero-order valence-electron chi connectivity index (χ0n) is 13.3. The van der Waals surface area contributed by atoms with Crippen LogP contribution in [0.3, 0.4) is 0 Å². The van der Waals surface area contributed by atoms with Crippen molar-refractivity contribution in [3.05, 3.63) is 62.5 Å². The van der Waals surface area contributed by atoms with Gasteiger partial charge in [-0.15, -0.1) is 0 Å². The fourth-order valence-electron chi connectivity index (χ4n) is 2.63. The molecular weight excluding hydrogens is 466 g/mol. The number of nitrogens with zero attached hydrogens (tertiary/aromatic N) is 1. The number of hydrogen-bond donors (Lipinski definition) is 0. The van der Waals surface area contributed by atoms with Crippen LogP contribution in [0.2, 0.25) is 0 Å². The van der Waals surface area contributed by atoms with Crippen LogP contribution in [0.15, 0.2) is 30.3 Å². The quantitative estimate of drug-likeness (QED) is 0.600. The van der Waals surface area contributed by atoms with Crippen LogP contribution >= 0.6 is 22.6 Å². The molecule has 0 unspecified atom stereocenters. The SMILES string of the molecule is CN(c1ccc(F)c(F)c1Cc1ccc(I)cc1F)S(=O)(=O)C1CC1. The first-order valence-corrected chi connectivity index (χ1v) is 10.2. The van der Waals surface area contributed by atoms with E-state index in [1.807, 2.05) is 22.6 Å². The molecule has 2 aromatic rings. The van der Waals surface area contributed by atoms with Crippen molar-refractivity contribution in [2.75, 3.05) is 11.4 Å². The van der Waals surface area contributed by atoms with Crippen molar-refractivity contribution in [2.45, 2.75) is 24.5 Å². The topological polar surface area (TPSA) is 37.4 Å². The minimum Gasteiger partial charge on any atom is -0.273 e. The third-order valence-electron chi connectivity index (χ3n) is 4.22. The van der Waals surface area contributed by atoms with Gasteiger partial charge in [0.05, 0.1) is 10.9 Å². The summed E-state index contributed by atoms with van der Waals surface area (Å²) in [5.41, 5.74) is 0.0268. The molecule has 0 N–H and O–H groups in total. The van der Waals surface area contributed by atoms with Gasteiger partial charge in [0.25, 0.3) is 0 Å². The maximum Gasteiger partial charge on any atom is 0.237 e. The van der Waals surface area contributed by atoms with Gasteiger partial charge in [0, 0.05) is 22.6 Å². The Bertz CT molecular complexity index is 930. The second-order valence-corrected chi connectivity index (χ2v) is 9.47. The third-order valence-corrected chi connectivity index (χ3v) is 7.17. The highest BCUT2D eigenvalue weighted by molar-refractivity contribution is 14.1. The molecule has 8 heteroatoms. The smallest absolute Gasteiger partial charge is 0.237 e. The van der Waals surface area contributed by atoms with Crippen molar-refractivity contribution in [1.82, 2.24) is 0 Å². The molecule has 25 heavy (non-hydrogen) atoms. The van der Waals surface area contributed by atoms with Crippen molar-refractivity contribution in [3.8, 4) is 0 Å². The van der Waals surface area contributed by atoms with Crippen LogP contribution in [0.25, 0.3) is 0 Å². The van der Waals surface area contributed by atoms with Crippen molar-refractivity contribution >= 4 is 38.3 Å². The van der Waals surface area contributed by atoms with E-state index in [4.69, 9.17) is 0 Å². The average Bonchev–Trinajstić information content (AvgIpc) is 3.39. The summed E-state index contributed by atoms with van der Waals surface area (Å²) < 4.78 is 68.8. The minimum atomic E-state index is -3.63. The molecule has 1 aliphatic carbocycles. The first-order chi connectivity index (χ1) is 11.7.